The molecule has 0 fully saturated rings. The van der Waals surface area contributed by atoms with Crippen molar-refractivity contribution in [3.8, 4) is 0 Å². The van der Waals surface area contributed by atoms with Gasteiger partial charge in [-0.1, -0.05) is 58.8 Å². The Kier molecular flexibility index (Phi) is 3.05. The zero-order valence-electron chi connectivity index (χ0n) is 10.6. The summed E-state index contributed by atoms with van der Waals surface area (Å²) < 4.78 is 0. The van der Waals surface area contributed by atoms with E-state index in [1.807, 2.05) is 48.5 Å². The number of rotatable bonds is 2. The largest absolute Gasteiger partial charge is 0.411 e. The molecule has 0 aliphatic rings. The molecule has 3 rings (SSSR count). The predicted octanol–water partition coefficient (Wildman–Crippen LogP) is 3.61. The van der Waals surface area contributed by atoms with Gasteiger partial charge < -0.3 is 10.4 Å². The fraction of sp³-hybridized carbons (Fsp3) is 0. The first kappa shape index (κ1) is 12.2. The van der Waals surface area contributed by atoms with Crippen LogP contribution in [0.25, 0.3) is 21.5 Å². The molecule has 0 atom stereocenters. The summed E-state index contributed by atoms with van der Waals surface area (Å²) in [4.78, 5) is 0. The molecule has 20 heavy (non-hydrogen) atoms. The van der Waals surface area contributed by atoms with Crippen molar-refractivity contribution in [2.45, 2.75) is 0 Å². The summed E-state index contributed by atoms with van der Waals surface area (Å²) >= 11 is 0. The Bertz CT molecular complexity index is 711. The SMILES string of the molecule is O/N=C/c1c2ccccc2c(/C=N/O)c2ccccc12. The molecule has 3 aromatic rings. The van der Waals surface area contributed by atoms with Crippen molar-refractivity contribution in [2.24, 2.45) is 10.3 Å². The Morgan fingerprint density at radius 1 is 0.600 bits per heavy atom. The molecule has 2 N–H and O–H groups in total. The summed E-state index contributed by atoms with van der Waals surface area (Å²) in [5.74, 6) is 0. The summed E-state index contributed by atoms with van der Waals surface area (Å²) in [5.41, 5.74) is 1.68. The van der Waals surface area contributed by atoms with Gasteiger partial charge >= 0.3 is 0 Å². The molecule has 0 spiro atoms. The lowest BCUT2D eigenvalue weighted by Crippen LogP contribution is -1.94. The summed E-state index contributed by atoms with van der Waals surface area (Å²) in [6.07, 6.45) is 2.87. The van der Waals surface area contributed by atoms with Gasteiger partial charge in [0.05, 0.1) is 12.4 Å². The van der Waals surface area contributed by atoms with E-state index in [9.17, 15) is 0 Å². The molecule has 98 valence electrons. The maximum absolute atomic E-state index is 8.91. The van der Waals surface area contributed by atoms with Gasteiger partial charge in [0.2, 0.25) is 0 Å². The molecule has 0 aliphatic carbocycles. The van der Waals surface area contributed by atoms with E-state index in [-0.39, 0.29) is 0 Å². The quantitative estimate of drug-likeness (QED) is 0.321. The Morgan fingerprint density at radius 3 is 1.15 bits per heavy atom. The van der Waals surface area contributed by atoms with Gasteiger partial charge in [-0.3, -0.25) is 0 Å². The van der Waals surface area contributed by atoms with E-state index in [0.29, 0.717) is 0 Å². The first-order chi connectivity index (χ1) is 9.86. The van der Waals surface area contributed by atoms with Gasteiger partial charge in [0.15, 0.2) is 0 Å². The van der Waals surface area contributed by atoms with Gasteiger partial charge in [0, 0.05) is 11.1 Å². The Labute approximate surface area is 115 Å². The number of benzene rings is 3. The molecule has 0 amide bonds. The third-order valence-corrected chi connectivity index (χ3v) is 3.39. The second kappa shape index (κ2) is 5.01. The van der Waals surface area contributed by atoms with Crippen molar-refractivity contribution in [2.75, 3.05) is 0 Å². The molecule has 0 saturated heterocycles. The van der Waals surface area contributed by atoms with Gasteiger partial charge in [-0.2, -0.15) is 0 Å². The van der Waals surface area contributed by atoms with Crippen LogP contribution >= 0.6 is 0 Å². The van der Waals surface area contributed by atoms with Crippen LogP contribution < -0.4 is 0 Å². The lowest BCUT2D eigenvalue weighted by Gasteiger charge is -2.11. The highest BCUT2D eigenvalue weighted by Crippen LogP contribution is 2.31. The molecule has 0 saturated carbocycles. The summed E-state index contributed by atoms with van der Waals surface area (Å²) in [5, 5.41) is 28.0. The zero-order chi connectivity index (χ0) is 13.9. The first-order valence-electron chi connectivity index (χ1n) is 6.15. The van der Waals surface area contributed by atoms with Crippen molar-refractivity contribution in [3.05, 3.63) is 59.7 Å². The van der Waals surface area contributed by atoms with Crippen LogP contribution in [0.5, 0.6) is 0 Å². The monoisotopic (exact) mass is 264 g/mol. The maximum Gasteiger partial charge on any atom is 0.0746 e. The molecular weight excluding hydrogens is 252 g/mol. The summed E-state index contributed by atoms with van der Waals surface area (Å²) in [7, 11) is 0. The minimum absolute atomic E-state index is 0.841. The van der Waals surface area contributed by atoms with E-state index in [0.717, 1.165) is 32.7 Å². The Hall–Kier alpha value is -2.88. The van der Waals surface area contributed by atoms with Crippen LogP contribution in [0.3, 0.4) is 0 Å². The highest BCUT2D eigenvalue weighted by Gasteiger charge is 2.11. The van der Waals surface area contributed by atoms with Gasteiger partial charge in [0.1, 0.15) is 0 Å². The van der Waals surface area contributed by atoms with E-state index >= 15 is 0 Å². The highest BCUT2D eigenvalue weighted by atomic mass is 16.4. The normalized spacial score (nSPS) is 12.0. The molecule has 0 aliphatic heterocycles. The minimum atomic E-state index is 0.841. The van der Waals surface area contributed by atoms with Gasteiger partial charge in [-0.25, -0.2) is 0 Å². The Morgan fingerprint density at radius 2 is 0.900 bits per heavy atom. The molecule has 4 nitrogen and oxygen atoms in total. The summed E-state index contributed by atoms with van der Waals surface area (Å²) in [6, 6.07) is 15.5. The maximum atomic E-state index is 8.91. The van der Waals surface area contributed by atoms with Crippen LogP contribution in [0, 0.1) is 0 Å². The number of hydrogen-bond donors (Lipinski definition) is 2. The second-order valence-corrected chi connectivity index (χ2v) is 4.41. The van der Waals surface area contributed by atoms with E-state index < -0.39 is 0 Å². The first-order valence-corrected chi connectivity index (χ1v) is 6.15. The zero-order valence-corrected chi connectivity index (χ0v) is 10.6. The van der Waals surface area contributed by atoms with E-state index in [4.69, 9.17) is 10.4 Å². The molecule has 0 unspecified atom stereocenters. The summed E-state index contributed by atoms with van der Waals surface area (Å²) in [6.45, 7) is 0. The van der Waals surface area contributed by atoms with E-state index in [2.05, 4.69) is 10.3 Å². The molecule has 0 aromatic heterocycles. The van der Waals surface area contributed by atoms with Crippen molar-refractivity contribution in [1.29, 1.82) is 0 Å². The Balaban J connectivity index is 2.61. The van der Waals surface area contributed by atoms with Crippen molar-refractivity contribution >= 4 is 34.0 Å². The molecule has 0 heterocycles. The highest BCUT2D eigenvalue weighted by molar-refractivity contribution is 6.21. The van der Waals surface area contributed by atoms with Crippen molar-refractivity contribution in [1.82, 2.24) is 0 Å². The van der Waals surface area contributed by atoms with Crippen molar-refractivity contribution < 1.29 is 10.4 Å². The second-order valence-electron chi connectivity index (χ2n) is 4.41. The van der Waals surface area contributed by atoms with Crippen LogP contribution in [-0.2, 0) is 0 Å². The lowest BCUT2D eigenvalue weighted by atomic mass is 9.92. The standard InChI is InChI=1S/C16H12N2O2/c19-17-9-15-11-5-1-2-6-12(11)16(10-18-20)14-8-4-3-7-13(14)15/h1-10,19-20H/b17-9+,18-10+. The van der Waals surface area contributed by atoms with Crippen LogP contribution in [0.1, 0.15) is 11.1 Å². The fourth-order valence-electron chi connectivity index (χ4n) is 2.59. The van der Waals surface area contributed by atoms with E-state index in [1.165, 1.54) is 12.4 Å². The van der Waals surface area contributed by atoms with Crippen LogP contribution in [-0.4, -0.2) is 22.8 Å². The number of nitrogens with zero attached hydrogens (tertiary/aromatic N) is 2. The predicted molar refractivity (Wildman–Crippen MR) is 80.2 cm³/mol. The average molecular weight is 264 g/mol. The van der Waals surface area contributed by atoms with Crippen LogP contribution in [0.2, 0.25) is 0 Å². The molecule has 4 heteroatoms. The van der Waals surface area contributed by atoms with Crippen molar-refractivity contribution in [3.63, 3.8) is 0 Å². The minimum Gasteiger partial charge on any atom is -0.411 e. The third-order valence-electron chi connectivity index (χ3n) is 3.39. The molecule has 3 aromatic carbocycles. The van der Waals surface area contributed by atoms with E-state index in [1.54, 1.807) is 0 Å². The smallest absolute Gasteiger partial charge is 0.0746 e. The van der Waals surface area contributed by atoms with Gasteiger partial charge in [-0.15, -0.1) is 0 Å². The molecule has 0 bridgehead atoms. The van der Waals surface area contributed by atoms with Gasteiger partial charge in [0.25, 0.3) is 0 Å². The molecular formula is C16H12N2O2. The molecule has 0 radical (unpaired) electrons. The third kappa shape index (κ3) is 1.78. The van der Waals surface area contributed by atoms with Crippen LogP contribution in [0.15, 0.2) is 58.8 Å². The number of fused-ring (bicyclic) bond motifs is 2. The number of hydrogen-bond acceptors (Lipinski definition) is 4. The average Bonchev–Trinajstić information content (AvgIpc) is 2.50. The van der Waals surface area contributed by atoms with Gasteiger partial charge in [-0.05, 0) is 21.5 Å². The lowest BCUT2D eigenvalue weighted by molar-refractivity contribution is 0.321. The topological polar surface area (TPSA) is 65.2 Å². The fourth-order valence-corrected chi connectivity index (χ4v) is 2.59. The number of oxime groups is 2. The van der Waals surface area contributed by atoms with Crippen LogP contribution in [0.4, 0.5) is 0 Å².